The molecule has 1 N–H and O–H groups in total. The summed E-state index contributed by atoms with van der Waals surface area (Å²) < 4.78 is 33.2. The molecule has 7 heteroatoms. The molecule has 0 spiro atoms. The van der Waals surface area contributed by atoms with Crippen LogP contribution in [0.4, 0.5) is 5.69 Å². The van der Waals surface area contributed by atoms with E-state index in [1.807, 2.05) is 51.1 Å². The number of carbonyl (C=O) groups is 1. The highest BCUT2D eigenvalue weighted by molar-refractivity contribution is 7.89. The minimum atomic E-state index is -3.53. The lowest BCUT2D eigenvalue weighted by molar-refractivity contribution is -0.116. The molecule has 2 aromatic rings. The average Bonchev–Trinajstić information content (AvgIpc) is 2.75. The molecule has 1 heterocycles. The van der Waals surface area contributed by atoms with Crippen LogP contribution in [0.5, 0.6) is 5.75 Å². The number of hydrogen-bond acceptors (Lipinski definition) is 4. The second kappa shape index (κ2) is 9.83. The van der Waals surface area contributed by atoms with E-state index >= 15 is 0 Å². The fraction of sp³-hybridized carbons (Fsp3) is 0.458. The minimum Gasteiger partial charge on any atom is -0.497 e. The van der Waals surface area contributed by atoms with Crippen molar-refractivity contribution in [2.24, 2.45) is 5.92 Å². The lowest BCUT2D eigenvalue weighted by atomic mass is 9.94. The Balaban J connectivity index is 1.60. The van der Waals surface area contributed by atoms with Gasteiger partial charge in [-0.3, -0.25) is 4.79 Å². The van der Waals surface area contributed by atoms with E-state index in [4.69, 9.17) is 4.74 Å². The average molecular weight is 445 g/mol. The van der Waals surface area contributed by atoms with Crippen molar-refractivity contribution in [2.45, 2.75) is 51.3 Å². The molecule has 0 bridgehead atoms. The maximum absolute atomic E-state index is 13.2. The first-order valence-corrected chi connectivity index (χ1v) is 12.2. The molecule has 1 aliphatic rings. The van der Waals surface area contributed by atoms with Gasteiger partial charge in [-0.05, 0) is 86.9 Å². The van der Waals surface area contributed by atoms with Crippen molar-refractivity contribution in [3.63, 3.8) is 0 Å². The molecule has 31 heavy (non-hydrogen) atoms. The van der Waals surface area contributed by atoms with E-state index in [9.17, 15) is 13.2 Å². The van der Waals surface area contributed by atoms with Gasteiger partial charge in [-0.2, -0.15) is 4.31 Å². The van der Waals surface area contributed by atoms with Crippen LogP contribution in [0.25, 0.3) is 0 Å². The zero-order chi connectivity index (χ0) is 22.6. The Morgan fingerprint density at radius 2 is 1.90 bits per heavy atom. The van der Waals surface area contributed by atoms with Gasteiger partial charge in [0.25, 0.3) is 0 Å². The Hall–Kier alpha value is -2.38. The summed E-state index contributed by atoms with van der Waals surface area (Å²) in [7, 11) is -1.91. The Kier molecular flexibility index (Phi) is 7.38. The predicted octanol–water partition coefficient (Wildman–Crippen LogP) is 4.44. The van der Waals surface area contributed by atoms with Crippen LogP contribution in [0.3, 0.4) is 0 Å². The van der Waals surface area contributed by atoms with Gasteiger partial charge >= 0.3 is 0 Å². The van der Waals surface area contributed by atoms with E-state index in [0.717, 1.165) is 41.0 Å². The predicted molar refractivity (Wildman–Crippen MR) is 123 cm³/mol. The topological polar surface area (TPSA) is 75.7 Å². The number of piperidine rings is 1. The van der Waals surface area contributed by atoms with Crippen molar-refractivity contribution in [3.05, 3.63) is 53.1 Å². The van der Waals surface area contributed by atoms with Crippen LogP contribution in [0.2, 0.25) is 0 Å². The molecule has 1 amide bonds. The molecular weight excluding hydrogens is 412 g/mol. The summed E-state index contributed by atoms with van der Waals surface area (Å²) in [5.41, 5.74) is 3.41. The number of aryl methyl sites for hydroxylation is 3. The molecule has 3 rings (SSSR count). The zero-order valence-corrected chi connectivity index (χ0v) is 19.6. The highest BCUT2D eigenvalue weighted by Gasteiger charge is 2.31. The van der Waals surface area contributed by atoms with Crippen LogP contribution in [0.1, 0.15) is 42.4 Å². The summed E-state index contributed by atoms with van der Waals surface area (Å²) in [6, 6.07) is 11.1. The zero-order valence-electron chi connectivity index (χ0n) is 18.8. The summed E-state index contributed by atoms with van der Waals surface area (Å²) in [4.78, 5) is 12.9. The quantitative estimate of drug-likeness (QED) is 0.685. The number of amides is 1. The second-order valence-corrected chi connectivity index (χ2v) is 10.3. The van der Waals surface area contributed by atoms with Crippen LogP contribution >= 0.6 is 0 Å². The summed E-state index contributed by atoms with van der Waals surface area (Å²) >= 11 is 0. The molecule has 1 saturated heterocycles. The fourth-order valence-corrected chi connectivity index (χ4v) is 5.92. The van der Waals surface area contributed by atoms with Crippen molar-refractivity contribution < 1.29 is 17.9 Å². The van der Waals surface area contributed by atoms with Crippen molar-refractivity contribution in [1.29, 1.82) is 0 Å². The van der Waals surface area contributed by atoms with Gasteiger partial charge in [0.05, 0.1) is 12.0 Å². The highest BCUT2D eigenvalue weighted by atomic mass is 32.2. The van der Waals surface area contributed by atoms with Crippen LogP contribution in [-0.2, 0) is 14.8 Å². The molecule has 6 nitrogen and oxygen atoms in total. The first-order chi connectivity index (χ1) is 14.7. The van der Waals surface area contributed by atoms with E-state index in [1.54, 1.807) is 17.5 Å². The standard InChI is InChI=1S/C24H32N2O4S/c1-17-7-8-18(2)23(14-17)31(28,29)26-13-5-6-20(16-26)9-12-24(27)25-22-11-10-21(30-4)15-19(22)3/h7-8,10-11,14-15,20H,5-6,9,12-13,16H2,1-4H3,(H,25,27)/t20-/m1/s1. The normalized spacial score (nSPS) is 17.4. The molecule has 0 aliphatic carbocycles. The van der Waals surface area contributed by atoms with Gasteiger partial charge in [-0.15, -0.1) is 0 Å². The molecule has 2 aromatic carbocycles. The van der Waals surface area contributed by atoms with Gasteiger partial charge in [-0.25, -0.2) is 8.42 Å². The molecule has 0 aromatic heterocycles. The molecule has 1 aliphatic heterocycles. The smallest absolute Gasteiger partial charge is 0.243 e. The summed E-state index contributed by atoms with van der Waals surface area (Å²) in [5.74, 6) is 0.877. The molecule has 1 atom stereocenters. The molecule has 0 unspecified atom stereocenters. The SMILES string of the molecule is COc1ccc(NC(=O)CC[C@H]2CCCN(S(=O)(=O)c3cc(C)ccc3C)C2)c(C)c1. The Bertz CT molecular complexity index is 1050. The maximum atomic E-state index is 13.2. The van der Waals surface area contributed by atoms with E-state index in [0.29, 0.717) is 30.8 Å². The summed E-state index contributed by atoms with van der Waals surface area (Å²) in [6.45, 7) is 6.66. The Morgan fingerprint density at radius 3 is 2.61 bits per heavy atom. The van der Waals surface area contributed by atoms with Crippen molar-refractivity contribution in [2.75, 3.05) is 25.5 Å². The number of sulfonamides is 1. The minimum absolute atomic E-state index is 0.0530. The largest absolute Gasteiger partial charge is 0.497 e. The van der Waals surface area contributed by atoms with Gasteiger partial charge < -0.3 is 10.1 Å². The molecular formula is C24H32N2O4S. The Morgan fingerprint density at radius 1 is 1.13 bits per heavy atom. The molecule has 0 saturated carbocycles. The molecule has 168 valence electrons. The number of rotatable bonds is 7. The lowest BCUT2D eigenvalue weighted by Gasteiger charge is -2.32. The number of nitrogens with one attached hydrogen (secondary N) is 1. The van der Waals surface area contributed by atoms with Crippen LogP contribution < -0.4 is 10.1 Å². The first kappa shape index (κ1) is 23.3. The lowest BCUT2D eigenvalue weighted by Crippen LogP contribution is -2.40. The monoisotopic (exact) mass is 444 g/mol. The van der Waals surface area contributed by atoms with E-state index in [1.165, 1.54) is 0 Å². The first-order valence-electron chi connectivity index (χ1n) is 10.7. The van der Waals surface area contributed by atoms with Crippen LogP contribution in [-0.4, -0.2) is 38.8 Å². The van der Waals surface area contributed by atoms with Crippen molar-refractivity contribution in [1.82, 2.24) is 4.31 Å². The third kappa shape index (κ3) is 5.66. The maximum Gasteiger partial charge on any atom is 0.243 e. The van der Waals surface area contributed by atoms with Gasteiger partial charge in [0.2, 0.25) is 15.9 Å². The number of anilines is 1. The summed E-state index contributed by atoms with van der Waals surface area (Å²) in [6.07, 6.45) is 2.79. The third-order valence-electron chi connectivity index (χ3n) is 5.93. The molecule has 0 radical (unpaired) electrons. The van der Waals surface area contributed by atoms with E-state index in [-0.39, 0.29) is 11.8 Å². The number of ether oxygens (including phenoxy) is 1. The fourth-order valence-electron chi connectivity index (χ4n) is 4.06. The van der Waals surface area contributed by atoms with Crippen molar-refractivity contribution >= 4 is 21.6 Å². The molecule has 1 fully saturated rings. The van der Waals surface area contributed by atoms with Crippen molar-refractivity contribution in [3.8, 4) is 5.75 Å². The van der Waals surface area contributed by atoms with Gasteiger partial charge in [0, 0.05) is 25.2 Å². The number of benzene rings is 2. The van der Waals surface area contributed by atoms with E-state index in [2.05, 4.69) is 5.32 Å². The van der Waals surface area contributed by atoms with Crippen LogP contribution in [0, 0.1) is 26.7 Å². The number of nitrogens with zero attached hydrogens (tertiary/aromatic N) is 1. The second-order valence-electron chi connectivity index (χ2n) is 8.41. The number of methoxy groups -OCH3 is 1. The number of hydrogen-bond donors (Lipinski definition) is 1. The third-order valence-corrected chi connectivity index (χ3v) is 7.94. The van der Waals surface area contributed by atoms with Gasteiger partial charge in [0.15, 0.2) is 0 Å². The highest BCUT2D eigenvalue weighted by Crippen LogP contribution is 2.28. The van der Waals surface area contributed by atoms with Gasteiger partial charge in [0.1, 0.15) is 5.75 Å². The number of carbonyl (C=O) groups excluding carboxylic acids is 1. The Labute approximate surface area is 185 Å². The van der Waals surface area contributed by atoms with E-state index < -0.39 is 10.0 Å². The van der Waals surface area contributed by atoms with Crippen LogP contribution in [0.15, 0.2) is 41.3 Å². The summed E-state index contributed by atoms with van der Waals surface area (Å²) in [5, 5.41) is 2.96. The van der Waals surface area contributed by atoms with Gasteiger partial charge in [-0.1, -0.05) is 12.1 Å².